The van der Waals surface area contributed by atoms with Crippen molar-refractivity contribution in [2.45, 2.75) is 33.1 Å². The number of carbonyl (C=O) groups is 1. The Morgan fingerprint density at radius 3 is 1.89 bits per heavy atom. The lowest BCUT2D eigenvalue weighted by atomic mass is 9.97. The maximum absolute atomic E-state index is 10.8. The van der Waals surface area contributed by atoms with Crippen LogP contribution in [0.25, 0.3) is 0 Å². The summed E-state index contributed by atoms with van der Waals surface area (Å²) >= 11 is 0. The molecule has 0 aromatic heterocycles. The molecule has 1 aromatic rings. The fourth-order valence-electron chi connectivity index (χ4n) is 1.56. The predicted octanol–water partition coefficient (Wildman–Crippen LogP) is 1.98. The molecule has 0 spiro atoms. The fourth-order valence-corrected chi connectivity index (χ4v) is 1.56. The Bertz CT molecular complexity index is 359. The number of carboxylic acids is 1. The molecule has 0 amide bonds. The van der Waals surface area contributed by atoms with Crippen LogP contribution in [0.4, 0.5) is 0 Å². The number of carboxylic acid groups (broad SMARTS) is 1. The van der Waals surface area contributed by atoms with Gasteiger partial charge < -0.3 is 16.6 Å². The molecule has 4 heteroatoms. The van der Waals surface area contributed by atoms with Crippen molar-refractivity contribution in [2.24, 2.45) is 17.4 Å². The van der Waals surface area contributed by atoms with E-state index in [9.17, 15) is 4.79 Å². The smallest absolute Gasteiger partial charge is 0.310 e. The highest BCUT2D eigenvalue weighted by Crippen LogP contribution is 2.17. The van der Waals surface area contributed by atoms with Gasteiger partial charge in [0.1, 0.15) is 0 Å². The van der Waals surface area contributed by atoms with Gasteiger partial charge in [0.15, 0.2) is 0 Å². The summed E-state index contributed by atoms with van der Waals surface area (Å²) in [5, 5.41) is 8.85. The van der Waals surface area contributed by atoms with Gasteiger partial charge >= 0.3 is 5.97 Å². The summed E-state index contributed by atoms with van der Waals surface area (Å²) in [6.07, 6.45) is 1.04. The van der Waals surface area contributed by atoms with Crippen LogP contribution in [0.2, 0.25) is 0 Å². The molecule has 0 bridgehead atoms. The molecule has 0 saturated carbocycles. The van der Waals surface area contributed by atoms with E-state index in [2.05, 4.69) is 13.8 Å². The fraction of sp³-hybridized carbons (Fsp3) is 0.533. The molecule has 0 fully saturated rings. The van der Waals surface area contributed by atoms with Crippen molar-refractivity contribution in [3.8, 4) is 0 Å². The molecular formula is C15H26N2O2. The lowest BCUT2D eigenvalue weighted by Gasteiger charge is -2.09. The molecule has 5 N–H and O–H groups in total. The van der Waals surface area contributed by atoms with E-state index in [0.29, 0.717) is 19.0 Å². The standard InChI is InChI=1S/C13H18O2.C2H8N2/c1-9(2)8-11-4-6-12(7-5-11)10(3)13(14)15;3-1-2-4/h4-7,9-10H,8H2,1-3H3,(H,14,15);1-4H2. The van der Waals surface area contributed by atoms with Gasteiger partial charge in [0.25, 0.3) is 0 Å². The normalized spacial score (nSPS) is 11.7. The largest absolute Gasteiger partial charge is 0.481 e. The van der Waals surface area contributed by atoms with Crippen molar-refractivity contribution < 1.29 is 9.90 Å². The highest BCUT2D eigenvalue weighted by Gasteiger charge is 2.12. The molecule has 0 aliphatic carbocycles. The first-order valence-corrected chi connectivity index (χ1v) is 6.64. The van der Waals surface area contributed by atoms with E-state index in [-0.39, 0.29) is 0 Å². The van der Waals surface area contributed by atoms with Crippen molar-refractivity contribution in [1.82, 2.24) is 0 Å². The van der Waals surface area contributed by atoms with Crippen LogP contribution in [-0.4, -0.2) is 24.2 Å². The minimum atomic E-state index is -0.772. The Morgan fingerprint density at radius 2 is 1.58 bits per heavy atom. The summed E-state index contributed by atoms with van der Waals surface area (Å²) in [4.78, 5) is 10.8. The minimum Gasteiger partial charge on any atom is -0.481 e. The van der Waals surface area contributed by atoms with Crippen LogP contribution in [0, 0.1) is 5.92 Å². The first kappa shape index (κ1) is 17.6. The van der Waals surface area contributed by atoms with Gasteiger partial charge in [0.05, 0.1) is 5.92 Å². The van der Waals surface area contributed by atoms with Gasteiger partial charge in [0.2, 0.25) is 0 Å². The number of hydrogen-bond donors (Lipinski definition) is 3. The molecule has 19 heavy (non-hydrogen) atoms. The third kappa shape index (κ3) is 7.59. The topological polar surface area (TPSA) is 89.3 Å². The molecular weight excluding hydrogens is 240 g/mol. The predicted molar refractivity (Wildman–Crippen MR) is 79.1 cm³/mol. The van der Waals surface area contributed by atoms with Crippen LogP contribution in [0.5, 0.6) is 0 Å². The first-order chi connectivity index (χ1) is 8.92. The van der Waals surface area contributed by atoms with Gasteiger partial charge in [-0.1, -0.05) is 38.1 Å². The number of aliphatic carboxylic acids is 1. The van der Waals surface area contributed by atoms with Crippen molar-refractivity contribution in [3.63, 3.8) is 0 Å². The van der Waals surface area contributed by atoms with Gasteiger partial charge in [-0.3, -0.25) is 4.79 Å². The summed E-state index contributed by atoms with van der Waals surface area (Å²) in [6.45, 7) is 7.25. The van der Waals surface area contributed by atoms with Gasteiger partial charge in [-0.25, -0.2) is 0 Å². The summed E-state index contributed by atoms with van der Waals surface area (Å²) in [6, 6.07) is 7.87. The SMILES string of the molecule is CC(C)Cc1ccc(C(C)C(=O)O)cc1.NCCN. The van der Waals surface area contributed by atoms with E-state index in [4.69, 9.17) is 16.6 Å². The average Bonchev–Trinajstić information content (AvgIpc) is 2.38. The van der Waals surface area contributed by atoms with Crippen LogP contribution in [0.3, 0.4) is 0 Å². The Labute approximate surface area is 115 Å². The summed E-state index contributed by atoms with van der Waals surface area (Å²) in [5.74, 6) is -0.558. The monoisotopic (exact) mass is 266 g/mol. The maximum atomic E-state index is 10.8. The van der Waals surface area contributed by atoms with Gasteiger partial charge in [-0.05, 0) is 30.4 Å². The second-order valence-corrected chi connectivity index (χ2v) is 4.98. The molecule has 0 heterocycles. The molecule has 0 aliphatic heterocycles. The average molecular weight is 266 g/mol. The quantitative estimate of drug-likeness (QED) is 0.760. The van der Waals surface area contributed by atoms with Gasteiger partial charge in [-0.2, -0.15) is 0 Å². The number of hydrogen-bond acceptors (Lipinski definition) is 3. The third-order valence-corrected chi connectivity index (χ3v) is 2.66. The molecule has 1 unspecified atom stereocenters. The van der Waals surface area contributed by atoms with E-state index >= 15 is 0 Å². The summed E-state index contributed by atoms with van der Waals surface area (Å²) in [5.41, 5.74) is 11.9. The Hall–Kier alpha value is -1.39. The summed E-state index contributed by atoms with van der Waals surface area (Å²) in [7, 11) is 0. The van der Waals surface area contributed by atoms with E-state index in [1.165, 1.54) is 5.56 Å². The number of nitrogens with two attached hydrogens (primary N) is 2. The lowest BCUT2D eigenvalue weighted by molar-refractivity contribution is -0.138. The van der Waals surface area contributed by atoms with E-state index in [1.807, 2.05) is 24.3 Å². The first-order valence-electron chi connectivity index (χ1n) is 6.64. The molecule has 4 nitrogen and oxygen atoms in total. The molecule has 0 aliphatic rings. The Kier molecular flexibility index (Phi) is 8.83. The van der Waals surface area contributed by atoms with Gasteiger partial charge in [-0.15, -0.1) is 0 Å². The number of rotatable bonds is 5. The zero-order valence-electron chi connectivity index (χ0n) is 12.1. The lowest BCUT2D eigenvalue weighted by Crippen LogP contribution is -2.11. The Morgan fingerprint density at radius 1 is 1.11 bits per heavy atom. The summed E-state index contributed by atoms with van der Waals surface area (Å²) < 4.78 is 0. The molecule has 108 valence electrons. The van der Waals surface area contributed by atoms with Crippen molar-refractivity contribution in [2.75, 3.05) is 13.1 Å². The minimum absolute atomic E-state index is 0.418. The number of benzene rings is 1. The van der Waals surface area contributed by atoms with E-state index in [1.54, 1.807) is 6.92 Å². The van der Waals surface area contributed by atoms with Crippen LogP contribution in [0.15, 0.2) is 24.3 Å². The van der Waals surface area contributed by atoms with Crippen LogP contribution >= 0.6 is 0 Å². The zero-order chi connectivity index (χ0) is 14.8. The molecule has 0 radical (unpaired) electrons. The van der Waals surface area contributed by atoms with Crippen molar-refractivity contribution in [1.29, 1.82) is 0 Å². The zero-order valence-corrected chi connectivity index (χ0v) is 12.1. The van der Waals surface area contributed by atoms with Gasteiger partial charge in [0, 0.05) is 13.1 Å². The van der Waals surface area contributed by atoms with Crippen molar-refractivity contribution >= 4 is 5.97 Å². The van der Waals surface area contributed by atoms with E-state index in [0.717, 1.165) is 12.0 Å². The molecule has 1 atom stereocenters. The molecule has 1 aromatic carbocycles. The molecule has 0 saturated heterocycles. The third-order valence-electron chi connectivity index (χ3n) is 2.66. The Balaban J connectivity index is 0.000000711. The maximum Gasteiger partial charge on any atom is 0.310 e. The second-order valence-electron chi connectivity index (χ2n) is 4.98. The highest BCUT2D eigenvalue weighted by atomic mass is 16.4. The molecule has 1 rings (SSSR count). The highest BCUT2D eigenvalue weighted by molar-refractivity contribution is 5.75. The van der Waals surface area contributed by atoms with E-state index < -0.39 is 11.9 Å². The second kappa shape index (κ2) is 9.53. The van der Waals surface area contributed by atoms with Crippen LogP contribution < -0.4 is 11.5 Å². The van der Waals surface area contributed by atoms with Crippen LogP contribution in [0.1, 0.15) is 37.8 Å². The van der Waals surface area contributed by atoms with Crippen LogP contribution in [-0.2, 0) is 11.2 Å². The van der Waals surface area contributed by atoms with Crippen molar-refractivity contribution in [3.05, 3.63) is 35.4 Å².